The molecule has 0 aliphatic rings. The number of ether oxygens (including phenoxy) is 1. The Morgan fingerprint density at radius 2 is 2.10 bits per heavy atom. The predicted octanol–water partition coefficient (Wildman–Crippen LogP) is 3.30. The molecule has 21 heavy (non-hydrogen) atoms. The molecule has 1 aromatic carbocycles. The third-order valence-corrected chi connectivity index (χ3v) is 3.13. The Morgan fingerprint density at radius 3 is 2.71 bits per heavy atom. The fourth-order valence-electron chi connectivity index (χ4n) is 1.54. The molecular weight excluding hydrogens is 452 g/mol. The molecule has 1 rings (SSSR count). The summed E-state index contributed by atoms with van der Waals surface area (Å²) < 4.78 is 19.1. The van der Waals surface area contributed by atoms with Gasteiger partial charge < -0.3 is 15.4 Å². The molecule has 0 aromatic heterocycles. The number of aliphatic imine (C=N–C) groups is 1. The standard InChI is InChI=1S/C14H21BrFN3O.HI/c1-3-17-14(18-7-8-20-4-2)19-10-11-5-6-12(15)13(16)9-11;/h5-6,9H,3-4,7-8,10H2,1-2H3,(H2,17,18,19);1H. The lowest BCUT2D eigenvalue weighted by Gasteiger charge is -2.11. The second-order valence-corrected chi connectivity index (χ2v) is 4.92. The maximum atomic E-state index is 13.4. The monoisotopic (exact) mass is 473 g/mol. The van der Waals surface area contributed by atoms with Crippen molar-refractivity contribution in [2.45, 2.75) is 20.4 Å². The summed E-state index contributed by atoms with van der Waals surface area (Å²) in [6, 6.07) is 5.02. The van der Waals surface area contributed by atoms with Gasteiger partial charge in [0.1, 0.15) is 5.82 Å². The fourth-order valence-corrected chi connectivity index (χ4v) is 1.78. The maximum Gasteiger partial charge on any atom is 0.191 e. The van der Waals surface area contributed by atoms with Crippen molar-refractivity contribution >= 4 is 45.9 Å². The molecule has 7 heteroatoms. The maximum absolute atomic E-state index is 13.4. The molecule has 0 spiro atoms. The van der Waals surface area contributed by atoms with E-state index in [1.54, 1.807) is 6.07 Å². The van der Waals surface area contributed by atoms with Crippen LogP contribution in [-0.2, 0) is 11.3 Å². The van der Waals surface area contributed by atoms with Crippen LogP contribution in [0.3, 0.4) is 0 Å². The predicted molar refractivity (Wildman–Crippen MR) is 98.8 cm³/mol. The van der Waals surface area contributed by atoms with Crippen LogP contribution in [0.15, 0.2) is 27.7 Å². The summed E-state index contributed by atoms with van der Waals surface area (Å²) in [6.07, 6.45) is 0. The van der Waals surface area contributed by atoms with Crippen molar-refractivity contribution in [1.82, 2.24) is 10.6 Å². The van der Waals surface area contributed by atoms with Crippen LogP contribution in [0.4, 0.5) is 4.39 Å². The minimum atomic E-state index is -0.271. The lowest BCUT2D eigenvalue weighted by Crippen LogP contribution is -2.39. The molecule has 0 unspecified atom stereocenters. The highest BCUT2D eigenvalue weighted by Crippen LogP contribution is 2.16. The third kappa shape index (κ3) is 8.57. The molecule has 4 nitrogen and oxygen atoms in total. The summed E-state index contributed by atoms with van der Waals surface area (Å²) >= 11 is 3.13. The van der Waals surface area contributed by atoms with Crippen molar-refractivity contribution in [3.05, 3.63) is 34.1 Å². The normalized spacial score (nSPS) is 11.0. The number of benzene rings is 1. The fraction of sp³-hybridized carbons (Fsp3) is 0.500. The first kappa shape index (κ1) is 20.6. The number of nitrogens with one attached hydrogen (secondary N) is 2. The zero-order valence-electron chi connectivity index (χ0n) is 12.3. The molecule has 0 aliphatic carbocycles. The summed E-state index contributed by atoms with van der Waals surface area (Å²) in [4.78, 5) is 4.41. The van der Waals surface area contributed by atoms with Gasteiger partial charge in [0.15, 0.2) is 5.96 Å². The average molecular weight is 474 g/mol. The van der Waals surface area contributed by atoms with Gasteiger partial charge in [-0.3, -0.25) is 0 Å². The average Bonchev–Trinajstić information content (AvgIpc) is 2.44. The highest BCUT2D eigenvalue weighted by atomic mass is 127. The van der Waals surface area contributed by atoms with Crippen molar-refractivity contribution in [3.63, 3.8) is 0 Å². The van der Waals surface area contributed by atoms with Crippen LogP contribution in [0.2, 0.25) is 0 Å². The summed E-state index contributed by atoms with van der Waals surface area (Å²) in [5, 5.41) is 6.30. The first-order valence-corrected chi connectivity index (χ1v) is 7.50. The lowest BCUT2D eigenvalue weighted by atomic mass is 10.2. The Kier molecular flexibility index (Phi) is 11.9. The molecule has 0 atom stereocenters. The molecule has 0 saturated heterocycles. The summed E-state index contributed by atoms with van der Waals surface area (Å²) in [5.74, 6) is 0.433. The lowest BCUT2D eigenvalue weighted by molar-refractivity contribution is 0.152. The highest BCUT2D eigenvalue weighted by Gasteiger charge is 2.01. The van der Waals surface area contributed by atoms with Gasteiger partial charge in [0.05, 0.1) is 17.6 Å². The number of guanidine groups is 1. The van der Waals surface area contributed by atoms with Gasteiger partial charge >= 0.3 is 0 Å². The van der Waals surface area contributed by atoms with Crippen molar-refractivity contribution < 1.29 is 9.13 Å². The Hall–Kier alpha value is -0.410. The largest absolute Gasteiger partial charge is 0.380 e. The van der Waals surface area contributed by atoms with Crippen LogP contribution < -0.4 is 10.6 Å². The molecule has 0 aliphatic heterocycles. The van der Waals surface area contributed by atoms with E-state index in [9.17, 15) is 4.39 Å². The Bertz CT molecular complexity index is 446. The number of halogens is 3. The minimum Gasteiger partial charge on any atom is -0.380 e. The van der Waals surface area contributed by atoms with Gasteiger partial charge in [-0.2, -0.15) is 0 Å². The Morgan fingerprint density at radius 1 is 1.33 bits per heavy atom. The molecular formula is C14H22BrFIN3O. The van der Waals surface area contributed by atoms with Crippen LogP contribution >= 0.6 is 39.9 Å². The smallest absolute Gasteiger partial charge is 0.191 e. The van der Waals surface area contributed by atoms with Crippen LogP contribution in [0, 0.1) is 5.82 Å². The van der Waals surface area contributed by atoms with Crippen LogP contribution in [0.1, 0.15) is 19.4 Å². The second-order valence-electron chi connectivity index (χ2n) is 4.07. The zero-order chi connectivity index (χ0) is 14.8. The van der Waals surface area contributed by atoms with E-state index in [-0.39, 0.29) is 29.8 Å². The van der Waals surface area contributed by atoms with Gasteiger partial charge in [-0.15, -0.1) is 24.0 Å². The molecule has 0 fully saturated rings. The van der Waals surface area contributed by atoms with Crippen LogP contribution in [-0.4, -0.2) is 32.3 Å². The summed E-state index contributed by atoms with van der Waals surface area (Å²) in [7, 11) is 0. The van der Waals surface area contributed by atoms with Crippen molar-refractivity contribution in [2.75, 3.05) is 26.3 Å². The molecule has 1 aromatic rings. The van der Waals surface area contributed by atoms with Gasteiger partial charge in [0, 0.05) is 19.7 Å². The van der Waals surface area contributed by atoms with Crippen LogP contribution in [0.5, 0.6) is 0 Å². The number of hydrogen-bond donors (Lipinski definition) is 2. The van der Waals surface area contributed by atoms with E-state index >= 15 is 0 Å². The van der Waals surface area contributed by atoms with Crippen molar-refractivity contribution in [3.8, 4) is 0 Å². The van der Waals surface area contributed by atoms with E-state index in [0.717, 1.165) is 12.1 Å². The minimum absolute atomic E-state index is 0. The molecule has 120 valence electrons. The highest BCUT2D eigenvalue weighted by molar-refractivity contribution is 14.0. The topological polar surface area (TPSA) is 45.7 Å². The quantitative estimate of drug-likeness (QED) is 0.276. The van der Waals surface area contributed by atoms with Gasteiger partial charge in [-0.1, -0.05) is 6.07 Å². The Balaban J connectivity index is 0.00000400. The zero-order valence-corrected chi connectivity index (χ0v) is 16.2. The van der Waals surface area contributed by atoms with Crippen LogP contribution in [0.25, 0.3) is 0 Å². The summed E-state index contributed by atoms with van der Waals surface area (Å²) in [5.41, 5.74) is 0.827. The van der Waals surface area contributed by atoms with Crippen molar-refractivity contribution in [1.29, 1.82) is 0 Å². The molecule has 0 heterocycles. The van der Waals surface area contributed by atoms with E-state index in [4.69, 9.17) is 4.74 Å². The molecule has 0 bridgehead atoms. The third-order valence-electron chi connectivity index (χ3n) is 2.49. The van der Waals surface area contributed by atoms with Gasteiger partial charge in [-0.25, -0.2) is 9.38 Å². The van der Waals surface area contributed by atoms with Gasteiger partial charge in [-0.05, 0) is 47.5 Å². The van der Waals surface area contributed by atoms with Gasteiger partial charge in [0.25, 0.3) is 0 Å². The molecule has 0 amide bonds. The van der Waals surface area contributed by atoms with E-state index in [1.807, 2.05) is 19.9 Å². The number of hydrogen-bond acceptors (Lipinski definition) is 2. The van der Waals surface area contributed by atoms with E-state index in [0.29, 0.717) is 36.7 Å². The van der Waals surface area contributed by atoms with Crippen molar-refractivity contribution in [2.24, 2.45) is 4.99 Å². The SMILES string of the molecule is CCNC(=NCc1ccc(Br)c(F)c1)NCCOCC.I. The first-order valence-electron chi connectivity index (χ1n) is 6.71. The number of rotatable bonds is 7. The number of nitrogens with zero attached hydrogens (tertiary/aromatic N) is 1. The molecule has 2 N–H and O–H groups in total. The molecule has 0 saturated carbocycles. The van der Waals surface area contributed by atoms with E-state index in [2.05, 4.69) is 31.6 Å². The molecule has 0 radical (unpaired) electrons. The Labute approximate surface area is 151 Å². The van der Waals surface area contributed by atoms with Gasteiger partial charge in [0.2, 0.25) is 0 Å². The van der Waals surface area contributed by atoms with E-state index < -0.39 is 0 Å². The van der Waals surface area contributed by atoms with E-state index in [1.165, 1.54) is 6.07 Å². The second kappa shape index (κ2) is 12.2. The summed E-state index contributed by atoms with van der Waals surface area (Å²) in [6.45, 7) is 7.18. The first-order chi connectivity index (χ1) is 9.67.